The van der Waals surface area contributed by atoms with Crippen LogP contribution in [0.2, 0.25) is 0 Å². The normalized spacial score (nSPS) is 22.2. The Bertz CT molecular complexity index is 989. The molecule has 1 N–H and O–H groups in total. The Labute approximate surface area is 179 Å². The lowest BCUT2D eigenvalue weighted by Crippen LogP contribution is -2.47. The molecule has 0 spiro atoms. The van der Waals surface area contributed by atoms with Crippen LogP contribution in [-0.4, -0.2) is 63.8 Å². The summed E-state index contributed by atoms with van der Waals surface area (Å²) in [7, 11) is 0. The third kappa shape index (κ3) is 3.46. The standard InChI is InChI=1S/C23H24N2O4S/c26-17-11-21(22(27)24-8-9-30-14-24)25(12-17)23(28)29-13-16-5-3-7-19-18-6-2-1-4-15(18)10-20(16)19/h1-7,17,21,26H,8-14H2. The molecule has 0 radical (unpaired) electrons. The van der Waals surface area contributed by atoms with Gasteiger partial charge in [0.05, 0.1) is 18.5 Å². The van der Waals surface area contributed by atoms with E-state index in [2.05, 4.69) is 18.2 Å². The molecule has 156 valence electrons. The first kappa shape index (κ1) is 19.5. The number of hydrogen-bond acceptors (Lipinski definition) is 5. The van der Waals surface area contributed by atoms with E-state index >= 15 is 0 Å². The number of nitrogens with zero attached hydrogens (tertiary/aromatic N) is 2. The lowest BCUT2D eigenvalue weighted by atomic mass is 10.0. The van der Waals surface area contributed by atoms with Gasteiger partial charge in [-0.05, 0) is 34.2 Å². The van der Waals surface area contributed by atoms with Gasteiger partial charge in [0.15, 0.2) is 0 Å². The number of ether oxygens (including phenoxy) is 1. The zero-order chi connectivity index (χ0) is 20.7. The van der Waals surface area contributed by atoms with E-state index in [0.717, 1.165) is 17.7 Å². The van der Waals surface area contributed by atoms with E-state index in [1.807, 2.05) is 24.3 Å². The molecule has 0 aromatic heterocycles. The average molecular weight is 425 g/mol. The molecule has 2 atom stereocenters. The SMILES string of the molecule is O=C(C1CC(O)CN1C(=O)OCc1cccc2c1Cc1ccccc1-2)N1CCSC1. The fourth-order valence-corrected chi connectivity index (χ4v) is 5.58. The van der Waals surface area contributed by atoms with Crippen LogP contribution < -0.4 is 0 Å². The van der Waals surface area contributed by atoms with Gasteiger partial charge in [0.25, 0.3) is 0 Å². The second kappa shape index (κ2) is 7.96. The molecule has 2 aromatic carbocycles. The van der Waals surface area contributed by atoms with E-state index < -0.39 is 18.2 Å². The van der Waals surface area contributed by atoms with Crippen molar-refractivity contribution in [3.05, 3.63) is 59.2 Å². The fraction of sp³-hybridized carbons (Fsp3) is 0.391. The van der Waals surface area contributed by atoms with Crippen molar-refractivity contribution < 1.29 is 19.4 Å². The second-order valence-electron chi connectivity index (χ2n) is 8.03. The van der Waals surface area contributed by atoms with Gasteiger partial charge < -0.3 is 14.7 Å². The third-order valence-corrected chi connectivity index (χ3v) is 7.13. The van der Waals surface area contributed by atoms with Crippen LogP contribution in [0, 0.1) is 0 Å². The van der Waals surface area contributed by atoms with Crippen molar-refractivity contribution in [2.45, 2.75) is 31.6 Å². The lowest BCUT2D eigenvalue weighted by molar-refractivity contribution is -0.134. The maximum Gasteiger partial charge on any atom is 0.410 e. The number of β-amino-alcohol motifs (C(OH)–C–C–N with tert-alkyl or cyclic N) is 1. The molecule has 5 rings (SSSR count). The number of aliphatic hydroxyl groups excluding tert-OH is 1. The Hall–Kier alpha value is -2.51. The number of fused-ring (bicyclic) bond motifs is 3. The van der Waals surface area contributed by atoms with Crippen molar-refractivity contribution in [3.8, 4) is 11.1 Å². The predicted molar refractivity (Wildman–Crippen MR) is 115 cm³/mol. The quantitative estimate of drug-likeness (QED) is 0.700. The smallest absolute Gasteiger partial charge is 0.410 e. The van der Waals surface area contributed by atoms with Gasteiger partial charge >= 0.3 is 6.09 Å². The summed E-state index contributed by atoms with van der Waals surface area (Å²) in [4.78, 5) is 28.8. The highest BCUT2D eigenvalue weighted by Crippen LogP contribution is 2.38. The maximum atomic E-state index is 12.8. The molecule has 2 aromatic rings. The molecule has 6 nitrogen and oxygen atoms in total. The van der Waals surface area contributed by atoms with Gasteiger partial charge in [-0.25, -0.2) is 4.79 Å². The van der Waals surface area contributed by atoms with Crippen molar-refractivity contribution in [1.82, 2.24) is 9.80 Å². The van der Waals surface area contributed by atoms with Gasteiger partial charge in [-0.3, -0.25) is 9.69 Å². The van der Waals surface area contributed by atoms with Gasteiger partial charge in [-0.2, -0.15) is 0 Å². The Kier molecular flexibility index (Phi) is 5.16. The van der Waals surface area contributed by atoms with Crippen molar-refractivity contribution in [1.29, 1.82) is 0 Å². The number of benzene rings is 2. The topological polar surface area (TPSA) is 70.1 Å². The zero-order valence-corrected chi connectivity index (χ0v) is 17.4. The number of hydrogen-bond donors (Lipinski definition) is 1. The Morgan fingerprint density at radius 2 is 1.97 bits per heavy atom. The van der Waals surface area contributed by atoms with E-state index in [0.29, 0.717) is 12.4 Å². The molecule has 3 aliphatic rings. The first-order chi connectivity index (χ1) is 14.6. The Morgan fingerprint density at radius 3 is 2.80 bits per heavy atom. The van der Waals surface area contributed by atoms with Crippen molar-refractivity contribution in [2.24, 2.45) is 0 Å². The van der Waals surface area contributed by atoms with Crippen molar-refractivity contribution in [2.75, 3.05) is 24.7 Å². The number of aliphatic hydroxyl groups is 1. The van der Waals surface area contributed by atoms with Crippen LogP contribution in [0.15, 0.2) is 42.5 Å². The van der Waals surface area contributed by atoms with Crippen LogP contribution in [0.1, 0.15) is 23.1 Å². The molecule has 1 aliphatic carbocycles. The van der Waals surface area contributed by atoms with Crippen molar-refractivity contribution in [3.63, 3.8) is 0 Å². The third-order valence-electron chi connectivity index (χ3n) is 6.16. The summed E-state index contributed by atoms with van der Waals surface area (Å²) in [5.41, 5.74) is 5.88. The van der Waals surface area contributed by atoms with Crippen LogP contribution >= 0.6 is 11.8 Å². The van der Waals surface area contributed by atoms with E-state index in [9.17, 15) is 14.7 Å². The summed E-state index contributed by atoms with van der Waals surface area (Å²) >= 11 is 1.70. The number of rotatable bonds is 3. The molecule has 2 saturated heterocycles. The highest BCUT2D eigenvalue weighted by molar-refractivity contribution is 7.99. The Morgan fingerprint density at radius 1 is 1.13 bits per heavy atom. The van der Waals surface area contributed by atoms with E-state index in [1.165, 1.54) is 27.2 Å². The van der Waals surface area contributed by atoms with Gasteiger partial charge in [-0.15, -0.1) is 11.8 Å². The molecule has 2 fully saturated rings. The minimum absolute atomic E-state index is 0.0930. The summed E-state index contributed by atoms with van der Waals surface area (Å²) in [6, 6.07) is 13.8. The van der Waals surface area contributed by atoms with E-state index in [1.54, 1.807) is 16.7 Å². The molecule has 2 amide bonds. The summed E-state index contributed by atoms with van der Waals surface area (Å²) in [5.74, 6) is 1.46. The van der Waals surface area contributed by atoms with E-state index in [-0.39, 0.29) is 25.5 Å². The average Bonchev–Trinajstić information content (AvgIpc) is 3.49. The molecule has 2 aliphatic heterocycles. The van der Waals surface area contributed by atoms with Crippen LogP contribution in [-0.2, 0) is 22.6 Å². The molecular weight excluding hydrogens is 400 g/mol. The van der Waals surface area contributed by atoms with Gasteiger partial charge in [0, 0.05) is 18.7 Å². The zero-order valence-electron chi connectivity index (χ0n) is 16.6. The summed E-state index contributed by atoms with van der Waals surface area (Å²) in [5, 5.41) is 10.1. The van der Waals surface area contributed by atoms with Crippen LogP contribution in [0.25, 0.3) is 11.1 Å². The summed E-state index contributed by atoms with van der Waals surface area (Å²) < 4.78 is 5.63. The largest absolute Gasteiger partial charge is 0.445 e. The predicted octanol–water partition coefficient (Wildman–Crippen LogP) is 2.86. The highest BCUT2D eigenvalue weighted by atomic mass is 32.2. The van der Waals surface area contributed by atoms with Crippen molar-refractivity contribution >= 4 is 23.8 Å². The first-order valence-electron chi connectivity index (χ1n) is 10.3. The molecule has 30 heavy (non-hydrogen) atoms. The van der Waals surface area contributed by atoms with Crippen LogP contribution in [0.5, 0.6) is 0 Å². The number of likely N-dealkylation sites (tertiary alicyclic amines) is 1. The molecule has 0 bridgehead atoms. The monoisotopic (exact) mass is 424 g/mol. The highest BCUT2D eigenvalue weighted by Gasteiger charge is 2.42. The molecule has 2 unspecified atom stereocenters. The minimum Gasteiger partial charge on any atom is -0.445 e. The number of carbonyl (C=O) groups is 2. The first-order valence-corrected chi connectivity index (χ1v) is 11.4. The number of thioether (sulfide) groups is 1. The fourth-order valence-electron chi connectivity index (χ4n) is 4.63. The second-order valence-corrected chi connectivity index (χ2v) is 9.10. The van der Waals surface area contributed by atoms with Crippen LogP contribution in [0.3, 0.4) is 0 Å². The molecule has 2 heterocycles. The van der Waals surface area contributed by atoms with Gasteiger partial charge in [-0.1, -0.05) is 42.5 Å². The van der Waals surface area contributed by atoms with Gasteiger partial charge in [0.1, 0.15) is 12.6 Å². The molecular formula is C23H24N2O4S. The summed E-state index contributed by atoms with van der Waals surface area (Å²) in [6.45, 7) is 0.979. The number of carbonyl (C=O) groups excluding carboxylic acids is 2. The molecule has 7 heteroatoms. The summed E-state index contributed by atoms with van der Waals surface area (Å²) in [6.07, 6.45) is -0.136. The van der Waals surface area contributed by atoms with Crippen LogP contribution in [0.4, 0.5) is 4.79 Å². The van der Waals surface area contributed by atoms with E-state index in [4.69, 9.17) is 4.74 Å². The number of amides is 2. The minimum atomic E-state index is -0.697. The molecule has 0 saturated carbocycles. The lowest BCUT2D eigenvalue weighted by Gasteiger charge is -2.26. The van der Waals surface area contributed by atoms with Gasteiger partial charge in [0.2, 0.25) is 5.91 Å². The maximum absolute atomic E-state index is 12.8. The Balaban J connectivity index is 1.29.